The number of hydrogen-bond acceptors (Lipinski definition) is 3. The van der Waals surface area contributed by atoms with Crippen molar-refractivity contribution in [2.75, 3.05) is 32.7 Å². The fourth-order valence-corrected chi connectivity index (χ4v) is 2.76. The van der Waals surface area contributed by atoms with E-state index in [1.165, 1.54) is 17.0 Å². The number of rotatable bonds is 4. The first-order valence-electron chi connectivity index (χ1n) is 7.04. The van der Waals surface area contributed by atoms with Gasteiger partial charge in [-0.25, -0.2) is 4.39 Å². The molecule has 1 aliphatic heterocycles. The molecule has 0 saturated carbocycles. The minimum Gasteiger partial charge on any atom is -0.350 e. The Hall–Kier alpha value is -1.19. The monoisotopic (exact) mass is 397 g/mol. The Morgan fingerprint density at radius 3 is 2.61 bits per heavy atom. The van der Waals surface area contributed by atoms with Gasteiger partial charge in [0.2, 0.25) is 0 Å². The van der Waals surface area contributed by atoms with Gasteiger partial charge < -0.3 is 10.6 Å². The van der Waals surface area contributed by atoms with Gasteiger partial charge in [0, 0.05) is 37.2 Å². The molecule has 1 aromatic rings. The predicted molar refractivity (Wildman–Crippen MR) is 80.7 cm³/mol. The van der Waals surface area contributed by atoms with Gasteiger partial charge in [-0.05, 0) is 18.2 Å². The standard InChI is InChI=1S/C14H16BrF4N3O/c15-9-1-2-11(16)10(7-9)13(23)21-8-12(14(17,18)19)22-5-3-20-4-6-22/h1-2,7,12,20H,3-6,8H2,(H,21,23). The molecule has 4 nitrogen and oxygen atoms in total. The van der Waals surface area contributed by atoms with Crippen LogP contribution in [0.5, 0.6) is 0 Å². The lowest BCUT2D eigenvalue weighted by molar-refractivity contribution is -0.183. The first-order valence-corrected chi connectivity index (χ1v) is 7.83. The van der Waals surface area contributed by atoms with Crippen LogP contribution < -0.4 is 10.6 Å². The molecule has 2 N–H and O–H groups in total. The van der Waals surface area contributed by atoms with E-state index in [1.807, 2.05) is 0 Å². The first kappa shape index (κ1) is 18.2. The lowest BCUT2D eigenvalue weighted by Gasteiger charge is -2.35. The minimum atomic E-state index is -4.47. The predicted octanol–water partition coefficient (Wildman–Crippen LogP) is 2.15. The number of piperazine rings is 1. The van der Waals surface area contributed by atoms with Gasteiger partial charge in [-0.3, -0.25) is 9.69 Å². The van der Waals surface area contributed by atoms with Crippen molar-refractivity contribution < 1.29 is 22.4 Å². The second-order valence-electron chi connectivity index (χ2n) is 5.18. The van der Waals surface area contributed by atoms with Crippen molar-refractivity contribution in [3.63, 3.8) is 0 Å². The number of alkyl halides is 3. The molecule has 1 unspecified atom stereocenters. The molecule has 0 spiro atoms. The summed E-state index contributed by atoms with van der Waals surface area (Å²) >= 11 is 3.10. The molecule has 1 fully saturated rings. The third-order valence-corrected chi connectivity index (χ3v) is 4.09. The number of amides is 1. The molecule has 1 heterocycles. The molecule has 9 heteroatoms. The lowest BCUT2D eigenvalue weighted by Crippen LogP contribution is -2.57. The summed E-state index contributed by atoms with van der Waals surface area (Å²) in [6.45, 7) is 0.784. The van der Waals surface area contributed by atoms with Crippen molar-refractivity contribution in [3.05, 3.63) is 34.1 Å². The largest absolute Gasteiger partial charge is 0.405 e. The Bertz CT molecular complexity index is 561. The Balaban J connectivity index is 2.05. The molecule has 23 heavy (non-hydrogen) atoms. The summed E-state index contributed by atoms with van der Waals surface area (Å²) in [4.78, 5) is 13.2. The summed E-state index contributed by atoms with van der Waals surface area (Å²) in [5, 5.41) is 5.16. The van der Waals surface area contributed by atoms with E-state index < -0.39 is 30.5 Å². The fraction of sp³-hybridized carbons (Fsp3) is 0.500. The molecule has 0 bridgehead atoms. The van der Waals surface area contributed by atoms with Crippen LogP contribution in [0.3, 0.4) is 0 Å². The topological polar surface area (TPSA) is 44.4 Å². The van der Waals surface area contributed by atoms with Gasteiger partial charge in [-0.2, -0.15) is 13.2 Å². The Labute approximate surface area is 139 Å². The van der Waals surface area contributed by atoms with E-state index in [9.17, 15) is 22.4 Å². The molecule has 0 aromatic heterocycles. The third-order valence-electron chi connectivity index (χ3n) is 3.60. The minimum absolute atomic E-state index is 0.241. The molecular weight excluding hydrogens is 382 g/mol. The van der Waals surface area contributed by atoms with Crippen molar-refractivity contribution in [3.8, 4) is 0 Å². The Morgan fingerprint density at radius 2 is 2.00 bits per heavy atom. The van der Waals surface area contributed by atoms with E-state index in [1.54, 1.807) is 0 Å². The maximum atomic E-state index is 13.6. The number of benzene rings is 1. The van der Waals surface area contributed by atoms with Crippen LogP contribution in [-0.2, 0) is 0 Å². The van der Waals surface area contributed by atoms with Gasteiger partial charge >= 0.3 is 6.18 Å². The summed E-state index contributed by atoms with van der Waals surface area (Å²) in [5.74, 6) is -1.65. The zero-order chi connectivity index (χ0) is 17.0. The normalized spacial score (nSPS) is 17.8. The Kier molecular flexibility index (Phi) is 5.99. The van der Waals surface area contributed by atoms with E-state index in [0.717, 1.165) is 6.07 Å². The quantitative estimate of drug-likeness (QED) is 0.765. The van der Waals surface area contributed by atoms with Crippen LogP contribution in [0, 0.1) is 5.82 Å². The second kappa shape index (κ2) is 7.59. The summed E-state index contributed by atoms with van der Waals surface area (Å²) in [5.41, 5.74) is -0.291. The van der Waals surface area contributed by atoms with Crippen molar-refractivity contribution in [1.29, 1.82) is 0 Å². The molecule has 0 radical (unpaired) electrons. The van der Waals surface area contributed by atoms with Crippen LogP contribution in [0.4, 0.5) is 17.6 Å². The SMILES string of the molecule is O=C(NCC(N1CCNCC1)C(F)(F)F)c1cc(Br)ccc1F. The number of hydrogen-bond donors (Lipinski definition) is 2. The molecule has 1 atom stereocenters. The second-order valence-corrected chi connectivity index (χ2v) is 6.09. The molecule has 1 aromatic carbocycles. The molecular formula is C14H16BrF4N3O. The first-order chi connectivity index (χ1) is 10.8. The van der Waals surface area contributed by atoms with Crippen LogP contribution >= 0.6 is 15.9 Å². The number of nitrogens with one attached hydrogen (secondary N) is 2. The highest BCUT2D eigenvalue weighted by atomic mass is 79.9. The summed E-state index contributed by atoms with van der Waals surface area (Å²) in [6.07, 6.45) is -4.47. The van der Waals surface area contributed by atoms with E-state index in [4.69, 9.17) is 0 Å². The number of carbonyl (C=O) groups is 1. The van der Waals surface area contributed by atoms with Gasteiger partial charge in [0.05, 0.1) is 5.56 Å². The van der Waals surface area contributed by atoms with Gasteiger partial charge in [0.25, 0.3) is 5.91 Å². The zero-order valence-corrected chi connectivity index (χ0v) is 13.7. The number of halogens is 5. The average molecular weight is 398 g/mol. The maximum Gasteiger partial charge on any atom is 0.405 e. The maximum absolute atomic E-state index is 13.6. The summed E-state index contributed by atoms with van der Waals surface area (Å²) in [6, 6.07) is 1.93. The highest BCUT2D eigenvalue weighted by molar-refractivity contribution is 9.10. The zero-order valence-electron chi connectivity index (χ0n) is 12.1. The molecule has 0 aliphatic carbocycles. The van der Waals surface area contributed by atoms with Crippen molar-refractivity contribution >= 4 is 21.8 Å². The average Bonchev–Trinajstić information content (AvgIpc) is 2.49. The highest BCUT2D eigenvalue weighted by Gasteiger charge is 2.43. The van der Waals surface area contributed by atoms with E-state index in [-0.39, 0.29) is 18.7 Å². The molecule has 1 aliphatic rings. The van der Waals surface area contributed by atoms with Crippen molar-refractivity contribution in [2.24, 2.45) is 0 Å². The van der Waals surface area contributed by atoms with Gasteiger partial charge in [-0.15, -0.1) is 0 Å². The summed E-state index contributed by atoms with van der Waals surface area (Å²) in [7, 11) is 0. The highest BCUT2D eigenvalue weighted by Crippen LogP contribution is 2.25. The van der Waals surface area contributed by atoms with Crippen molar-refractivity contribution in [2.45, 2.75) is 12.2 Å². The van der Waals surface area contributed by atoms with Crippen LogP contribution in [0.15, 0.2) is 22.7 Å². The molecule has 2 rings (SSSR count). The van der Waals surface area contributed by atoms with Crippen LogP contribution in [0.25, 0.3) is 0 Å². The molecule has 128 valence electrons. The number of carbonyl (C=O) groups excluding carboxylic acids is 1. The molecule has 1 saturated heterocycles. The molecule has 1 amide bonds. The van der Waals surface area contributed by atoms with Crippen LogP contribution in [0.1, 0.15) is 10.4 Å². The van der Waals surface area contributed by atoms with Gasteiger partial charge in [-0.1, -0.05) is 15.9 Å². The van der Waals surface area contributed by atoms with Gasteiger partial charge in [0.1, 0.15) is 11.9 Å². The third kappa shape index (κ3) is 4.89. The fourth-order valence-electron chi connectivity index (χ4n) is 2.40. The summed E-state index contributed by atoms with van der Waals surface area (Å²) < 4.78 is 53.7. The van der Waals surface area contributed by atoms with E-state index in [0.29, 0.717) is 17.6 Å². The van der Waals surface area contributed by atoms with Crippen molar-refractivity contribution in [1.82, 2.24) is 15.5 Å². The van der Waals surface area contributed by atoms with E-state index in [2.05, 4.69) is 26.6 Å². The van der Waals surface area contributed by atoms with E-state index >= 15 is 0 Å². The van der Waals surface area contributed by atoms with Gasteiger partial charge in [0.15, 0.2) is 0 Å². The van der Waals surface area contributed by atoms with Crippen LogP contribution in [-0.4, -0.2) is 55.7 Å². The van der Waals surface area contributed by atoms with Crippen LogP contribution in [0.2, 0.25) is 0 Å². The Morgan fingerprint density at radius 1 is 1.35 bits per heavy atom. The smallest absolute Gasteiger partial charge is 0.350 e. The lowest BCUT2D eigenvalue weighted by atomic mass is 10.1. The number of nitrogens with zero attached hydrogens (tertiary/aromatic N) is 1.